The fourth-order valence-corrected chi connectivity index (χ4v) is 3.97. The van der Waals surface area contributed by atoms with Crippen LogP contribution in [-0.4, -0.2) is 42.8 Å². The fourth-order valence-electron chi connectivity index (χ4n) is 3.97. The number of ketones is 1. The molecule has 1 atom stereocenters. The summed E-state index contributed by atoms with van der Waals surface area (Å²) in [5, 5.41) is 11.2. The van der Waals surface area contributed by atoms with Gasteiger partial charge in [0.05, 0.1) is 17.9 Å². The third-order valence-electron chi connectivity index (χ3n) is 5.56. The highest BCUT2D eigenvalue weighted by Gasteiger charge is 2.46. The summed E-state index contributed by atoms with van der Waals surface area (Å²) in [6.45, 7) is 4.82. The second-order valence-electron chi connectivity index (χ2n) is 7.75. The van der Waals surface area contributed by atoms with Crippen LogP contribution >= 0.6 is 0 Å². The van der Waals surface area contributed by atoms with Crippen molar-refractivity contribution in [2.24, 2.45) is 0 Å². The van der Waals surface area contributed by atoms with E-state index in [9.17, 15) is 14.7 Å². The first-order valence-electron chi connectivity index (χ1n) is 10.2. The molecular formula is C24H24N4O3. The summed E-state index contributed by atoms with van der Waals surface area (Å²) in [6, 6.07) is 8.57. The molecule has 31 heavy (non-hydrogen) atoms. The van der Waals surface area contributed by atoms with Crippen LogP contribution in [0, 0.1) is 13.8 Å². The minimum atomic E-state index is -0.684. The van der Waals surface area contributed by atoms with Crippen LogP contribution in [0.5, 0.6) is 0 Å². The van der Waals surface area contributed by atoms with Crippen LogP contribution in [0.2, 0.25) is 0 Å². The number of carbonyl (C=O) groups is 2. The quantitative estimate of drug-likeness (QED) is 0.378. The predicted molar refractivity (Wildman–Crippen MR) is 116 cm³/mol. The summed E-state index contributed by atoms with van der Waals surface area (Å²) in [7, 11) is 0. The Morgan fingerprint density at radius 2 is 1.94 bits per heavy atom. The maximum absolute atomic E-state index is 13.1. The van der Waals surface area contributed by atoms with Gasteiger partial charge in [-0.1, -0.05) is 23.8 Å². The number of nitrogens with zero attached hydrogens (tertiary/aromatic N) is 4. The van der Waals surface area contributed by atoms with Crippen molar-refractivity contribution in [3.63, 3.8) is 0 Å². The zero-order chi connectivity index (χ0) is 22.0. The molecule has 1 N–H and O–H groups in total. The molecule has 0 saturated carbocycles. The molecule has 0 spiro atoms. The third kappa shape index (κ3) is 3.99. The van der Waals surface area contributed by atoms with Gasteiger partial charge in [0.1, 0.15) is 5.76 Å². The van der Waals surface area contributed by atoms with E-state index in [2.05, 4.69) is 9.97 Å². The lowest BCUT2D eigenvalue weighted by Crippen LogP contribution is -2.31. The molecule has 7 heteroatoms. The maximum atomic E-state index is 13.1. The van der Waals surface area contributed by atoms with Crippen LogP contribution in [0.4, 0.5) is 0 Å². The van der Waals surface area contributed by atoms with E-state index in [1.807, 2.05) is 48.9 Å². The monoisotopic (exact) mass is 416 g/mol. The number of imidazole rings is 1. The van der Waals surface area contributed by atoms with Gasteiger partial charge in [-0.05, 0) is 43.5 Å². The van der Waals surface area contributed by atoms with E-state index in [1.54, 1.807) is 31.0 Å². The van der Waals surface area contributed by atoms with E-state index in [-0.39, 0.29) is 11.3 Å². The molecule has 7 nitrogen and oxygen atoms in total. The minimum absolute atomic E-state index is 0.106. The van der Waals surface area contributed by atoms with Crippen molar-refractivity contribution in [3.8, 4) is 0 Å². The highest BCUT2D eigenvalue weighted by Crippen LogP contribution is 2.39. The number of hydrogen-bond acceptors (Lipinski definition) is 5. The number of carbonyl (C=O) groups excluding carboxylic acids is 2. The maximum Gasteiger partial charge on any atom is 0.295 e. The van der Waals surface area contributed by atoms with E-state index in [0.29, 0.717) is 30.6 Å². The van der Waals surface area contributed by atoms with Crippen LogP contribution in [0.25, 0.3) is 5.76 Å². The molecule has 1 saturated heterocycles. The van der Waals surface area contributed by atoms with Crippen LogP contribution in [0.1, 0.15) is 34.7 Å². The van der Waals surface area contributed by atoms with Crippen molar-refractivity contribution < 1.29 is 14.7 Å². The largest absolute Gasteiger partial charge is 0.507 e. The van der Waals surface area contributed by atoms with Gasteiger partial charge in [-0.2, -0.15) is 0 Å². The molecule has 0 aliphatic carbocycles. The first kappa shape index (κ1) is 20.5. The number of aliphatic hydroxyl groups excluding tert-OH is 1. The molecule has 3 heterocycles. The molecule has 2 aromatic heterocycles. The van der Waals surface area contributed by atoms with Gasteiger partial charge in [0.2, 0.25) is 0 Å². The molecule has 158 valence electrons. The number of likely N-dealkylation sites (tertiary alicyclic amines) is 1. The lowest BCUT2D eigenvalue weighted by molar-refractivity contribution is -0.139. The highest BCUT2D eigenvalue weighted by atomic mass is 16.3. The van der Waals surface area contributed by atoms with Gasteiger partial charge in [0, 0.05) is 43.4 Å². The Balaban J connectivity index is 1.75. The minimum Gasteiger partial charge on any atom is -0.507 e. The summed E-state index contributed by atoms with van der Waals surface area (Å²) < 4.78 is 1.92. The van der Waals surface area contributed by atoms with E-state index in [1.165, 1.54) is 4.90 Å². The number of Topliss-reactive ketones (excluding diaryl/α,β-unsaturated/α-hetero) is 1. The number of aromatic nitrogens is 3. The van der Waals surface area contributed by atoms with Crippen LogP contribution in [-0.2, 0) is 16.1 Å². The van der Waals surface area contributed by atoms with Crippen molar-refractivity contribution >= 4 is 17.4 Å². The van der Waals surface area contributed by atoms with Gasteiger partial charge in [-0.15, -0.1) is 0 Å². The van der Waals surface area contributed by atoms with Gasteiger partial charge in [-0.25, -0.2) is 4.98 Å². The number of benzene rings is 1. The summed E-state index contributed by atoms with van der Waals surface area (Å²) in [6.07, 6.45) is 9.19. The number of rotatable bonds is 6. The van der Waals surface area contributed by atoms with Crippen molar-refractivity contribution in [1.29, 1.82) is 0 Å². The van der Waals surface area contributed by atoms with Crippen LogP contribution in [0.3, 0.4) is 0 Å². The van der Waals surface area contributed by atoms with Gasteiger partial charge in [-0.3, -0.25) is 14.6 Å². The van der Waals surface area contributed by atoms with Gasteiger partial charge < -0.3 is 14.6 Å². The van der Waals surface area contributed by atoms with Crippen molar-refractivity contribution in [1.82, 2.24) is 19.4 Å². The smallest absolute Gasteiger partial charge is 0.295 e. The Hall–Kier alpha value is -3.74. The summed E-state index contributed by atoms with van der Waals surface area (Å²) in [5.41, 5.74) is 3.15. The summed E-state index contributed by atoms with van der Waals surface area (Å²) in [4.78, 5) is 35.8. The molecule has 0 radical (unpaired) electrons. The van der Waals surface area contributed by atoms with Crippen molar-refractivity contribution in [2.75, 3.05) is 6.54 Å². The number of amides is 1. The molecule has 0 bridgehead atoms. The number of hydrogen-bond donors (Lipinski definition) is 1. The number of pyridine rings is 1. The molecule has 1 fully saturated rings. The Labute approximate surface area is 180 Å². The molecule has 3 aromatic rings. The predicted octanol–water partition coefficient (Wildman–Crippen LogP) is 3.41. The van der Waals surface area contributed by atoms with Crippen molar-refractivity contribution in [2.45, 2.75) is 32.9 Å². The Kier molecular flexibility index (Phi) is 5.66. The molecule has 1 aromatic carbocycles. The second kappa shape index (κ2) is 8.55. The molecule has 1 aliphatic heterocycles. The first-order valence-corrected chi connectivity index (χ1v) is 10.2. The molecule has 1 amide bonds. The van der Waals surface area contributed by atoms with E-state index >= 15 is 0 Å². The van der Waals surface area contributed by atoms with E-state index in [4.69, 9.17) is 0 Å². The lowest BCUT2D eigenvalue weighted by atomic mass is 9.94. The topological polar surface area (TPSA) is 88.3 Å². The average Bonchev–Trinajstić information content (AvgIpc) is 3.38. The van der Waals surface area contributed by atoms with Crippen LogP contribution < -0.4 is 0 Å². The zero-order valence-electron chi connectivity index (χ0n) is 17.5. The summed E-state index contributed by atoms with van der Waals surface area (Å²) >= 11 is 0. The SMILES string of the molecule is Cc1ccc(C)c(C(O)=C2C(=O)C(=O)N(CCCn3ccnc3)C2c2cccnc2)c1. The standard InChI is InChI=1S/C24H24N4O3/c1-16-6-7-17(2)19(13-16)22(29)20-21(18-5-3-8-25-14-18)28(24(31)23(20)30)11-4-10-27-12-9-26-15-27/h3,5-9,12-15,21,29H,4,10-11H2,1-2H3. The summed E-state index contributed by atoms with van der Waals surface area (Å²) in [5.74, 6) is -1.42. The normalized spacial score (nSPS) is 18.0. The third-order valence-corrected chi connectivity index (χ3v) is 5.56. The highest BCUT2D eigenvalue weighted by molar-refractivity contribution is 6.46. The number of aryl methyl sites for hydroxylation is 3. The molecule has 4 rings (SSSR count). The molecule has 1 aliphatic rings. The number of aliphatic hydroxyl groups is 1. The second-order valence-corrected chi connectivity index (χ2v) is 7.75. The van der Waals surface area contributed by atoms with Gasteiger partial charge in [0.15, 0.2) is 0 Å². The molecule has 1 unspecified atom stereocenters. The van der Waals surface area contributed by atoms with Gasteiger partial charge in [0.25, 0.3) is 11.7 Å². The van der Waals surface area contributed by atoms with Crippen molar-refractivity contribution in [3.05, 3.63) is 89.3 Å². The lowest BCUT2D eigenvalue weighted by Gasteiger charge is -2.25. The first-order chi connectivity index (χ1) is 15.0. The Morgan fingerprint density at radius 3 is 2.65 bits per heavy atom. The molecular weight excluding hydrogens is 392 g/mol. The zero-order valence-corrected chi connectivity index (χ0v) is 17.5. The fraction of sp³-hybridized carbons (Fsp3) is 0.250. The van der Waals surface area contributed by atoms with Gasteiger partial charge >= 0.3 is 0 Å². The van der Waals surface area contributed by atoms with E-state index in [0.717, 1.165) is 11.1 Å². The van der Waals surface area contributed by atoms with E-state index < -0.39 is 17.7 Å². The van der Waals surface area contributed by atoms with Crippen LogP contribution in [0.15, 0.2) is 67.0 Å². The Morgan fingerprint density at radius 1 is 1.10 bits per heavy atom. The average molecular weight is 416 g/mol. The Bertz CT molecular complexity index is 1140.